The lowest BCUT2D eigenvalue weighted by Gasteiger charge is -2.16. The lowest BCUT2D eigenvalue weighted by atomic mass is 10.2. The van der Waals surface area contributed by atoms with Crippen molar-refractivity contribution in [3.05, 3.63) is 58.0 Å². The van der Waals surface area contributed by atoms with Crippen LogP contribution in [0.25, 0.3) is 0 Å². The number of hydrogen-bond donors (Lipinski definition) is 2. The van der Waals surface area contributed by atoms with E-state index < -0.39 is 0 Å². The maximum Gasteiger partial charge on any atom is 0.226 e. The van der Waals surface area contributed by atoms with Gasteiger partial charge in [0.1, 0.15) is 0 Å². The van der Waals surface area contributed by atoms with Crippen molar-refractivity contribution < 1.29 is 9.59 Å². The van der Waals surface area contributed by atoms with Crippen molar-refractivity contribution in [3.8, 4) is 0 Å². The highest BCUT2D eigenvalue weighted by Gasteiger charge is 2.09. The topological polar surface area (TPSA) is 87.2 Å². The normalized spacial score (nSPS) is 10.8. The molecule has 7 nitrogen and oxygen atoms in total. The first-order valence-electron chi connectivity index (χ1n) is 8.72. The first kappa shape index (κ1) is 20.1. The minimum absolute atomic E-state index is 0.113. The second kappa shape index (κ2) is 10.1. The lowest BCUT2D eigenvalue weighted by molar-refractivity contribution is -0.121. The summed E-state index contributed by atoms with van der Waals surface area (Å²) >= 11 is 2.93. The maximum atomic E-state index is 12.1. The number of carbonyl (C=O) groups is 2. The molecule has 0 saturated carbocycles. The summed E-state index contributed by atoms with van der Waals surface area (Å²) < 4.78 is 0. The third-order valence-electron chi connectivity index (χ3n) is 3.84. The fraction of sp³-hybridized carbons (Fsp3) is 0.263. The van der Waals surface area contributed by atoms with Gasteiger partial charge in [0.2, 0.25) is 11.8 Å². The first-order chi connectivity index (χ1) is 13.6. The van der Waals surface area contributed by atoms with Crippen LogP contribution < -0.4 is 10.6 Å². The number of nitrogens with zero attached hydrogens (tertiary/aromatic N) is 3. The molecule has 2 aromatic heterocycles. The number of benzene rings is 1. The maximum absolute atomic E-state index is 12.1. The molecule has 2 N–H and O–H groups in total. The molecule has 0 aliphatic carbocycles. The molecular weight excluding hydrogens is 394 g/mol. The van der Waals surface area contributed by atoms with Crippen molar-refractivity contribution in [3.63, 3.8) is 0 Å². The van der Waals surface area contributed by atoms with Crippen LogP contribution in [0.3, 0.4) is 0 Å². The van der Waals surface area contributed by atoms with Gasteiger partial charge in [-0.1, -0.05) is 12.1 Å². The number of hydrogen-bond acceptors (Lipinski definition) is 7. The monoisotopic (exact) mass is 415 g/mol. The van der Waals surface area contributed by atoms with Gasteiger partial charge in [0.05, 0.1) is 11.2 Å². The molecule has 0 unspecified atom stereocenters. The average Bonchev–Trinajstić information content (AvgIpc) is 3.34. The number of rotatable bonds is 9. The summed E-state index contributed by atoms with van der Waals surface area (Å²) in [6, 6.07) is 7.73. The van der Waals surface area contributed by atoms with E-state index in [1.54, 1.807) is 22.9 Å². The van der Waals surface area contributed by atoms with Crippen molar-refractivity contribution in [1.29, 1.82) is 0 Å². The van der Waals surface area contributed by atoms with Crippen molar-refractivity contribution >= 4 is 45.3 Å². The van der Waals surface area contributed by atoms with E-state index in [0.29, 0.717) is 5.13 Å². The Hall–Kier alpha value is -2.62. The second-order valence-corrected chi connectivity index (χ2v) is 7.90. The number of amides is 2. The molecule has 28 heavy (non-hydrogen) atoms. The van der Waals surface area contributed by atoms with Gasteiger partial charge in [0.15, 0.2) is 5.13 Å². The van der Waals surface area contributed by atoms with Crippen LogP contribution in [-0.2, 0) is 22.7 Å². The van der Waals surface area contributed by atoms with Gasteiger partial charge < -0.3 is 10.6 Å². The van der Waals surface area contributed by atoms with E-state index in [1.165, 1.54) is 11.3 Å². The van der Waals surface area contributed by atoms with Gasteiger partial charge in [-0.05, 0) is 24.7 Å². The molecule has 3 aromatic rings. The van der Waals surface area contributed by atoms with Crippen molar-refractivity contribution in [2.45, 2.75) is 25.9 Å². The number of carbonyl (C=O) groups excluding carboxylic acids is 2. The van der Waals surface area contributed by atoms with Crippen LogP contribution >= 0.6 is 22.7 Å². The fourth-order valence-corrected chi connectivity index (χ4v) is 3.72. The SMILES string of the molecule is CN(Cc1cccc(NC(=O)CCC(=O)Nc2nccs2)c1)Cc1cscn1. The Morgan fingerprint density at radius 3 is 2.64 bits per heavy atom. The van der Waals surface area contributed by atoms with Gasteiger partial charge in [-0.2, -0.15) is 0 Å². The highest BCUT2D eigenvalue weighted by molar-refractivity contribution is 7.13. The van der Waals surface area contributed by atoms with Crippen LogP contribution in [0.15, 0.2) is 46.7 Å². The highest BCUT2D eigenvalue weighted by Crippen LogP contribution is 2.15. The van der Waals surface area contributed by atoms with E-state index in [4.69, 9.17) is 0 Å². The average molecular weight is 416 g/mol. The second-order valence-electron chi connectivity index (χ2n) is 6.29. The molecule has 0 aliphatic rings. The fourth-order valence-electron chi connectivity index (χ4n) is 2.62. The number of anilines is 2. The van der Waals surface area contributed by atoms with Gasteiger partial charge in [-0.15, -0.1) is 22.7 Å². The molecule has 0 atom stereocenters. The van der Waals surface area contributed by atoms with Crippen molar-refractivity contribution in [2.75, 3.05) is 17.7 Å². The van der Waals surface area contributed by atoms with E-state index in [9.17, 15) is 9.59 Å². The van der Waals surface area contributed by atoms with Gasteiger partial charge in [0, 0.05) is 48.6 Å². The van der Waals surface area contributed by atoms with Crippen LogP contribution in [0.1, 0.15) is 24.1 Å². The van der Waals surface area contributed by atoms with Crippen molar-refractivity contribution in [2.24, 2.45) is 0 Å². The quantitative estimate of drug-likeness (QED) is 0.558. The lowest BCUT2D eigenvalue weighted by Crippen LogP contribution is -2.18. The Morgan fingerprint density at radius 2 is 1.93 bits per heavy atom. The molecule has 0 fully saturated rings. The molecule has 0 radical (unpaired) electrons. The van der Waals surface area contributed by atoms with E-state index in [-0.39, 0.29) is 24.7 Å². The number of thiazole rings is 2. The van der Waals surface area contributed by atoms with Crippen LogP contribution in [-0.4, -0.2) is 33.7 Å². The molecule has 1 aromatic carbocycles. The molecule has 0 saturated heterocycles. The van der Waals surface area contributed by atoms with Crippen LogP contribution in [0, 0.1) is 0 Å². The Morgan fingerprint density at radius 1 is 1.11 bits per heavy atom. The summed E-state index contributed by atoms with van der Waals surface area (Å²) in [4.78, 5) is 34.4. The van der Waals surface area contributed by atoms with E-state index >= 15 is 0 Å². The molecule has 146 valence electrons. The summed E-state index contributed by atoms with van der Waals surface area (Å²) in [6.07, 6.45) is 1.85. The zero-order valence-electron chi connectivity index (χ0n) is 15.4. The molecule has 2 heterocycles. The summed E-state index contributed by atoms with van der Waals surface area (Å²) in [5, 5.41) is 9.89. The minimum atomic E-state index is -0.220. The Kier molecular flexibility index (Phi) is 7.24. The van der Waals surface area contributed by atoms with E-state index in [2.05, 4.69) is 25.5 Å². The molecule has 9 heteroatoms. The molecular formula is C19H21N5O2S2. The predicted molar refractivity (Wildman–Crippen MR) is 112 cm³/mol. The zero-order chi connectivity index (χ0) is 19.8. The third kappa shape index (κ3) is 6.52. The molecule has 0 bridgehead atoms. The van der Waals surface area contributed by atoms with Crippen LogP contribution in [0.5, 0.6) is 0 Å². The van der Waals surface area contributed by atoms with Gasteiger partial charge in [0.25, 0.3) is 0 Å². The summed E-state index contributed by atoms with van der Waals surface area (Å²) in [7, 11) is 2.03. The van der Waals surface area contributed by atoms with E-state index in [0.717, 1.165) is 30.0 Å². The van der Waals surface area contributed by atoms with Gasteiger partial charge in [-0.25, -0.2) is 9.97 Å². The molecule has 0 spiro atoms. The van der Waals surface area contributed by atoms with E-state index in [1.807, 2.05) is 42.2 Å². The van der Waals surface area contributed by atoms with Gasteiger partial charge in [-0.3, -0.25) is 14.5 Å². The first-order valence-corrected chi connectivity index (χ1v) is 10.5. The van der Waals surface area contributed by atoms with Gasteiger partial charge >= 0.3 is 0 Å². The van der Waals surface area contributed by atoms with Crippen molar-refractivity contribution in [1.82, 2.24) is 14.9 Å². The highest BCUT2D eigenvalue weighted by atomic mass is 32.1. The third-order valence-corrected chi connectivity index (χ3v) is 5.16. The summed E-state index contributed by atoms with van der Waals surface area (Å²) in [5.74, 6) is -0.412. The molecule has 3 rings (SSSR count). The zero-order valence-corrected chi connectivity index (χ0v) is 17.1. The Bertz CT molecular complexity index is 897. The van der Waals surface area contributed by atoms with Crippen LogP contribution in [0.4, 0.5) is 10.8 Å². The Labute approximate surface area is 171 Å². The summed E-state index contributed by atoms with van der Waals surface area (Å²) in [6.45, 7) is 1.52. The smallest absolute Gasteiger partial charge is 0.226 e. The number of aromatic nitrogens is 2. The number of nitrogens with one attached hydrogen (secondary N) is 2. The van der Waals surface area contributed by atoms with Crippen LogP contribution in [0.2, 0.25) is 0 Å². The largest absolute Gasteiger partial charge is 0.326 e. The molecule has 0 aliphatic heterocycles. The molecule has 2 amide bonds. The standard InChI is InChI=1S/C19H21N5O2S2/c1-24(11-16-12-27-13-21-16)10-14-3-2-4-15(9-14)22-17(25)5-6-18(26)23-19-20-7-8-28-19/h2-4,7-9,12-13H,5-6,10-11H2,1H3,(H,22,25)(H,20,23,26). The Balaban J connectivity index is 1.45. The summed E-state index contributed by atoms with van der Waals surface area (Å²) in [5.41, 5.74) is 4.70. The minimum Gasteiger partial charge on any atom is -0.326 e. The predicted octanol–water partition coefficient (Wildman–Crippen LogP) is 3.59.